The quantitative estimate of drug-likeness (QED) is 0.0893. The molecule has 44 heavy (non-hydrogen) atoms. The molecule has 16 heteroatoms. The van der Waals surface area contributed by atoms with Crippen molar-refractivity contribution in [2.75, 3.05) is 32.1 Å². The number of nitrogens with zero attached hydrogens (tertiary/aromatic N) is 2. The van der Waals surface area contributed by atoms with Gasteiger partial charge < -0.3 is 37.5 Å². The van der Waals surface area contributed by atoms with Crippen LogP contribution in [0.3, 0.4) is 0 Å². The molecule has 1 aliphatic heterocycles. The lowest BCUT2D eigenvalue weighted by Crippen LogP contribution is -2.51. The van der Waals surface area contributed by atoms with Crippen LogP contribution in [0.4, 0.5) is 5.69 Å². The van der Waals surface area contributed by atoms with Crippen molar-refractivity contribution < 1.29 is 19.1 Å². The second-order valence-corrected chi connectivity index (χ2v) is 13.1. The highest BCUT2D eigenvalue weighted by Gasteiger charge is 2.30. The van der Waals surface area contributed by atoms with Crippen molar-refractivity contribution in [2.45, 2.75) is 43.9 Å². The van der Waals surface area contributed by atoms with Gasteiger partial charge in [-0.15, -0.1) is 11.3 Å². The van der Waals surface area contributed by atoms with Gasteiger partial charge in [0.05, 0.1) is 30.3 Å². The normalized spacial score (nSPS) is 17.9. The molecule has 2 aliphatic rings. The summed E-state index contributed by atoms with van der Waals surface area (Å²) in [6.07, 6.45) is 6.83. The fraction of sp³-hybridized carbons (Fsp3) is 0.429. The standard InChI is InChI=1S/C28H41B3N8O4S/c1-3-39-11-5-6-16(39)13-34-25(41)20-14-35-27(44-20)17-7-4-8-18(23(17)43-2)36-19(22(33)26(42)38-28(29,30)31)12-21(32)37-24(40)15-9-10-15/h4,7-8,12,14-16,36H,3,5-6,9-11,13,29-33H2,1-2H3,(H,34,41)(H,37,40)(H,38,42)/b21-12+,22-19+/t16-/m1/s1. The molecule has 1 aromatic carbocycles. The maximum atomic E-state index is 13.0. The number of methoxy groups -OCH3 is 1. The molecule has 3 amide bonds. The van der Waals surface area contributed by atoms with Crippen molar-refractivity contribution in [1.82, 2.24) is 25.8 Å². The molecule has 12 nitrogen and oxygen atoms in total. The van der Waals surface area contributed by atoms with Crippen molar-refractivity contribution in [2.24, 2.45) is 17.4 Å². The summed E-state index contributed by atoms with van der Waals surface area (Å²) in [7, 11) is 7.05. The number of nitrogens with one attached hydrogen (secondary N) is 4. The summed E-state index contributed by atoms with van der Waals surface area (Å²) in [6.45, 7) is 4.77. The summed E-state index contributed by atoms with van der Waals surface area (Å²) in [4.78, 5) is 45.7. The van der Waals surface area contributed by atoms with E-state index in [-0.39, 0.29) is 34.9 Å². The van der Waals surface area contributed by atoms with E-state index >= 15 is 0 Å². The molecular weight excluding hydrogens is 577 g/mol. The number of amides is 3. The lowest BCUT2D eigenvalue weighted by atomic mass is 9.49. The average molecular weight is 618 g/mol. The maximum absolute atomic E-state index is 13.0. The summed E-state index contributed by atoms with van der Waals surface area (Å²) in [5, 5.41) is 11.8. The molecule has 1 atom stereocenters. The number of allylic oxidation sites excluding steroid dienone is 1. The number of carbonyl (C=O) groups is 3. The molecule has 0 radical (unpaired) electrons. The van der Waals surface area contributed by atoms with Crippen LogP contribution in [0.1, 0.15) is 42.3 Å². The van der Waals surface area contributed by atoms with Gasteiger partial charge in [0, 0.05) is 24.6 Å². The number of ether oxygens (including phenoxy) is 1. The first-order chi connectivity index (χ1) is 20.9. The predicted octanol–water partition coefficient (Wildman–Crippen LogP) is -1.43. The number of nitrogens with two attached hydrogens (primary N) is 2. The molecular formula is C28H41B3N8O4S. The number of benzene rings is 1. The number of carbonyl (C=O) groups excluding carboxylic acids is 3. The summed E-state index contributed by atoms with van der Waals surface area (Å²) < 4.78 is 5.78. The van der Waals surface area contributed by atoms with Crippen LogP contribution in [0.25, 0.3) is 10.6 Å². The zero-order valence-corrected chi connectivity index (χ0v) is 26.9. The van der Waals surface area contributed by atoms with E-state index in [4.69, 9.17) is 16.2 Å². The smallest absolute Gasteiger partial charge is 0.267 e. The van der Waals surface area contributed by atoms with Crippen molar-refractivity contribution in [3.05, 3.63) is 52.6 Å². The van der Waals surface area contributed by atoms with Crippen LogP contribution in [-0.4, -0.2) is 89.2 Å². The van der Waals surface area contributed by atoms with Crippen molar-refractivity contribution in [3.8, 4) is 16.3 Å². The highest BCUT2D eigenvalue weighted by molar-refractivity contribution is 7.17. The highest BCUT2D eigenvalue weighted by atomic mass is 32.1. The Morgan fingerprint density at radius 3 is 2.61 bits per heavy atom. The van der Waals surface area contributed by atoms with Gasteiger partial charge in [0.1, 0.15) is 44.9 Å². The summed E-state index contributed by atoms with van der Waals surface area (Å²) >= 11 is 1.26. The van der Waals surface area contributed by atoms with E-state index in [1.54, 1.807) is 18.3 Å². The van der Waals surface area contributed by atoms with E-state index in [9.17, 15) is 14.4 Å². The van der Waals surface area contributed by atoms with Crippen LogP contribution >= 0.6 is 11.3 Å². The molecule has 1 aliphatic carbocycles. The van der Waals surface area contributed by atoms with Crippen LogP contribution in [0.15, 0.2) is 47.7 Å². The summed E-state index contributed by atoms with van der Waals surface area (Å²) in [6, 6.07) is 5.74. The lowest BCUT2D eigenvalue weighted by molar-refractivity contribution is -0.121. The number of aromatic nitrogens is 1. The van der Waals surface area contributed by atoms with Crippen LogP contribution in [-0.2, 0) is 9.59 Å². The average Bonchev–Trinajstić information content (AvgIpc) is 3.53. The van der Waals surface area contributed by atoms with Crippen molar-refractivity contribution in [3.63, 3.8) is 0 Å². The molecule has 2 heterocycles. The summed E-state index contributed by atoms with van der Waals surface area (Å²) in [5.41, 5.74) is 13.6. The largest absolute Gasteiger partial charge is 0.494 e. The Hall–Kier alpha value is -3.91. The summed E-state index contributed by atoms with van der Waals surface area (Å²) in [5.74, 6) is -0.440. The third kappa shape index (κ3) is 8.60. The van der Waals surface area contributed by atoms with Crippen molar-refractivity contribution >= 4 is 58.3 Å². The molecule has 0 unspecified atom stereocenters. The third-order valence-corrected chi connectivity index (χ3v) is 8.42. The number of likely N-dealkylation sites (N-methyl/N-ethyl adjacent to an activating group) is 1. The van der Waals surface area contributed by atoms with E-state index in [2.05, 4.69) is 38.1 Å². The Kier molecular flexibility index (Phi) is 10.7. The fourth-order valence-corrected chi connectivity index (χ4v) is 5.86. The van der Waals surface area contributed by atoms with Gasteiger partial charge in [0.2, 0.25) is 5.91 Å². The first kappa shape index (κ1) is 33.0. The molecule has 1 saturated carbocycles. The zero-order valence-electron chi connectivity index (χ0n) is 26.1. The van der Waals surface area contributed by atoms with E-state index in [0.29, 0.717) is 39.5 Å². The minimum atomic E-state index is -0.540. The number of anilines is 1. The van der Waals surface area contributed by atoms with Crippen LogP contribution < -0.4 is 37.5 Å². The highest BCUT2D eigenvalue weighted by Crippen LogP contribution is 2.39. The van der Waals surface area contributed by atoms with E-state index in [1.165, 1.54) is 24.5 Å². The van der Waals surface area contributed by atoms with E-state index in [0.717, 1.165) is 38.8 Å². The minimum Gasteiger partial charge on any atom is -0.494 e. The molecule has 1 aromatic heterocycles. The van der Waals surface area contributed by atoms with Crippen LogP contribution in [0, 0.1) is 5.92 Å². The van der Waals surface area contributed by atoms with Gasteiger partial charge in [0.25, 0.3) is 11.8 Å². The number of para-hydroxylation sites is 1. The van der Waals surface area contributed by atoms with Crippen LogP contribution in [0.2, 0.25) is 0 Å². The monoisotopic (exact) mass is 618 g/mol. The second-order valence-electron chi connectivity index (χ2n) is 12.1. The third-order valence-electron chi connectivity index (χ3n) is 7.39. The molecule has 2 fully saturated rings. The first-order valence-corrected chi connectivity index (χ1v) is 15.7. The molecule has 232 valence electrons. The second kappa shape index (κ2) is 14.3. The number of likely N-dealkylation sites (tertiary alicyclic amines) is 1. The fourth-order valence-electron chi connectivity index (χ4n) is 5.01. The Morgan fingerprint density at radius 1 is 1.20 bits per heavy atom. The molecule has 2 aromatic rings. The lowest BCUT2D eigenvalue weighted by Gasteiger charge is -2.22. The Morgan fingerprint density at radius 2 is 1.95 bits per heavy atom. The molecule has 0 spiro atoms. The Labute approximate surface area is 265 Å². The number of thiazole rings is 1. The van der Waals surface area contributed by atoms with Gasteiger partial charge in [-0.2, -0.15) is 0 Å². The zero-order chi connectivity index (χ0) is 32.0. The molecule has 1 saturated heterocycles. The topological polar surface area (TPSA) is 177 Å². The van der Waals surface area contributed by atoms with Gasteiger partial charge in [-0.1, -0.05) is 13.0 Å². The Bertz CT molecular complexity index is 1450. The van der Waals surface area contributed by atoms with Gasteiger partial charge in [-0.3, -0.25) is 19.3 Å². The van der Waals surface area contributed by atoms with Crippen LogP contribution in [0.5, 0.6) is 5.75 Å². The van der Waals surface area contributed by atoms with Crippen molar-refractivity contribution in [1.29, 1.82) is 0 Å². The van der Waals surface area contributed by atoms with E-state index in [1.807, 2.05) is 29.6 Å². The molecule has 4 rings (SSSR count). The first-order valence-electron chi connectivity index (χ1n) is 14.9. The van der Waals surface area contributed by atoms with Gasteiger partial charge in [-0.05, 0) is 56.1 Å². The minimum absolute atomic E-state index is 0.0428. The number of hydrogen-bond donors (Lipinski definition) is 6. The van der Waals surface area contributed by atoms with Gasteiger partial charge in [-0.25, -0.2) is 4.98 Å². The SMILES string of the molecule is BC(B)(B)NC(=O)/C(N)=C(/C=C(\N)NC(=O)C1CC1)Nc1cccc(-c2ncc(C(=O)NC[C@H]3CCCN3CC)s2)c1OC. The number of hydrogen-bond acceptors (Lipinski definition) is 10. The molecule has 0 bridgehead atoms. The molecule has 8 N–H and O–H groups in total. The number of rotatable bonds is 13. The van der Waals surface area contributed by atoms with E-state index < -0.39 is 11.1 Å². The van der Waals surface area contributed by atoms with Gasteiger partial charge >= 0.3 is 0 Å². The Balaban J connectivity index is 1.58. The maximum Gasteiger partial charge on any atom is 0.267 e. The van der Waals surface area contributed by atoms with Gasteiger partial charge in [0.15, 0.2) is 5.75 Å². The predicted molar refractivity (Wildman–Crippen MR) is 181 cm³/mol.